The summed E-state index contributed by atoms with van der Waals surface area (Å²) in [4.78, 5) is 9.25. The summed E-state index contributed by atoms with van der Waals surface area (Å²) in [7, 11) is 0. The van der Waals surface area contributed by atoms with Crippen LogP contribution in [0.2, 0.25) is 0 Å². The van der Waals surface area contributed by atoms with Crippen molar-refractivity contribution in [3.05, 3.63) is 72.3 Å². The summed E-state index contributed by atoms with van der Waals surface area (Å²) < 4.78 is 0. The average Bonchev–Trinajstić information content (AvgIpc) is 2.55. The van der Waals surface area contributed by atoms with Crippen LogP contribution in [0.1, 0.15) is 18.1 Å². The molecule has 0 heterocycles. The van der Waals surface area contributed by atoms with Gasteiger partial charge < -0.3 is 5.11 Å². The van der Waals surface area contributed by atoms with Crippen LogP contribution in [-0.2, 0) is 11.2 Å². The second-order valence-electron chi connectivity index (χ2n) is 4.25. The predicted octanol–water partition coefficient (Wildman–Crippen LogP) is 4.04. The van der Waals surface area contributed by atoms with E-state index in [4.69, 9.17) is 10.4 Å². The Labute approximate surface area is 124 Å². The molecule has 0 fully saturated rings. The second-order valence-corrected chi connectivity index (χ2v) is 4.25. The normalized spacial score (nSPS) is 8.95. The van der Waals surface area contributed by atoms with Gasteiger partial charge in [0.15, 0.2) is 0 Å². The summed E-state index contributed by atoms with van der Waals surface area (Å²) >= 11 is 0. The van der Waals surface area contributed by atoms with Gasteiger partial charge in [0.2, 0.25) is 0 Å². The number of nitriles is 1. The van der Waals surface area contributed by atoms with Crippen LogP contribution in [0, 0.1) is 11.3 Å². The van der Waals surface area contributed by atoms with E-state index in [1.54, 1.807) is 0 Å². The number of rotatable bonds is 3. The summed E-state index contributed by atoms with van der Waals surface area (Å²) in [5, 5.41) is 16.7. The van der Waals surface area contributed by atoms with E-state index in [2.05, 4.69) is 37.8 Å². The molecule has 0 saturated heterocycles. The Kier molecular flexibility index (Phi) is 6.43. The first-order chi connectivity index (χ1) is 10.1. The van der Waals surface area contributed by atoms with Crippen LogP contribution in [0.3, 0.4) is 0 Å². The number of nitrogens with zero attached hydrogens (tertiary/aromatic N) is 1. The highest BCUT2D eigenvalue weighted by Crippen LogP contribution is 2.24. The molecule has 1 N–H and O–H groups in total. The lowest BCUT2D eigenvalue weighted by molar-refractivity contribution is -0.131. The number of aliphatic carboxylic acids is 1. The third-order valence-electron chi connectivity index (χ3n) is 2.87. The minimum absolute atomic E-state index is 0.732. The van der Waals surface area contributed by atoms with E-state index in [9.17, 15) is 4.79 Å². The summed E-state index contributed by atoms with van der Waals surface area (Å²) in [5.41, 5.74) is 4.16. The van der Waals surface area contributed by atoms with Crippen LogP contribution in [0.4, 0.5) is 0 Å². The third kappa shape index (κ3) is 4.96. The minimum atomic E-state index is -0.981. The first kappa shape index (κ1) is 16.2. The molecule has 2 rings (SSSR count). The SMILES string of the molecule is C=CC(=O)O.CCc1cccc(-c2ccccc2C#N)c1. The minimum Gasteiger partial charge on any atom is -0.478 e. The van der Waals surface area contributed by atoms with Gasteiger partial charge in [-0.3, -0.25) is 0 Å². The number of hydrogen-bond donors (Lipinski definition) is 1. The molecule has 21 heavy (non-hydrogen) atoms. The van der Waals surface area contributed by atoms with Crippen LogP contribution in [0.15, 0.2) is 61.2 Å². The molecule has 0 amide bonds. The smallest absolute Gasteiger partial charge is 0.327 e. The molecule has 0 aromatic heterocycles. The zero-order valence-electron chi connectivity index (χ0n) is 11.9. The van der Waals surface area contributed by atoms with Crippen LogP contribution in [-0.4, -0.2) is 11.1 Å². The van der Waals surface area contributed by atoms with Gasteiger partial charge in [-0.05, 0) is 29.2 Å². The molecule has 106 valence electrons. The molecule has 2 aromatic carbocycles. The van der Waals surface area contributed by atoms with Crippen molar-refractivity contribution < 1.29 is 9.90 Å². The lowest BCUT2D eigenvalue weighted by atomic mass is 9.98. The Hall–Kier alpha value is -2.86. The molecule has 0 aliphatic carbocycles. The summed E-state index contributed by atoms with van der Waals surface area (Å²) in [6.45, 7) is 5.09. The van der Waals surface area contributed by atoms with Crippen LogP contribution >= 0.6 is 0 Å². The number of benzene rings is 2. The summed E-state index contributed by atoms with van der Waals surface area (Å²) in [5.74, 6) is -0.981. The van der Waals surface area contributed by atoms with Gasteiger partial charge >= 0.3 is 5.97 Å². The van der Waals surface area contributed by atoms with Crippen LogP contribution in [0.5, 0.6) is 0 Å². The van der Waals surface area contributed by atoms with E-state index in [1.165, 1.54) is 5.56 Å². The molecule has 0 saturated carbocycles. The Morgan fingerprint density at radius 3 is 2.52 bits per heavy atom. The zero-order valence-corrected chi connectivity index (χ0v) is 11.9. The van der Waals surface area contributed by atoms with E-state index in [1.807, 2.05) is 30.3 Å². The maximum absolute atomic E-state index is 9.25. The largest absolute Gasteiger partial charge is 0.478 e. The quantitative estimate of drug-likeness (QED) is 0.862. The Bertz CT molecular complexity index is 669. The van der Waals surface area contributed by atoms with Crippen LogP contribution in [0.25, 0.3) is 11.1 Å². The fourth-order valence-electron chi connectivity index (χ4n) is 1.79. The van der Waals surface area contributed by atoms with Gasteiger partial charge in [-0.1, -0.05) is 56.0 Å². The second kappa shape index (κ2) is 8.34. The monoisotopic (exact) mass is 279 g/mol. The van der Waals surface area contributed by atoms with Crippen LogP contribution < -0.4 is 0 Å². The van der Waals surface area contributed by atoms with Gasteiger partial charge in [0.1, 0.15) is 0 Å². The van der Waals surface area contributed by atoms with E-state index < -0.39 is 5.97 Å². The molecular weight excluding hydrogens is 262 g/mol. The van der Waals surface area contributed by atoms with Crippen molar-refractivity contribution in [2.75, 3.05) is 0 Å². The molecule has 0 unspecified atom stereocenters. The first-order valence-electron chi connectivity index (χ1n) is 6.56. The molecular formula is C18H17NO2. The van der Waals surface area contributed by atoms with E-state index in [-0.39, 0.29) is 0 Å². The molecule has 3 heteroatoms. The van der Waals surface area contributed by atoms with Gasteiger partial charge in [-0.2, -0.15) is 5.26 Å². The lowest BCUT2D eigenvalue weighted by Crippen LogP contribution is -1.86. The maximum Gasteiger partial charge on any atom is 0.327 e. The Balaban J connectivity index is 0.000000383. The predicted molar refractivity (Wildman–Crippen MR) is 83.8 cm³/mol. The molecule has 0 atom stereocenters. The molecule has 2 aromatic rings. The Morgan fingerprint density at radius 1 is 1.29 bits per heavy atom. The molecule has 0 spiro atoms. The third-order valence-corrected chi connectivity index (χ3v) is 2.87. The number of aryl methyl sites for hydroxylation is 1. The van der Waals surface area contributed by atoms with Crippen molar-refractivity contribution in [2.24, 2.45) is 0 Å². The van der Waals surface area contributed by atoms with E-state index >= 15 is 0 Å². The molecule has 0 radical (unpaired) electrons. The standard InChI is InChI=1S/C15H13N.C3H4O2/c1-2-12-6-5-8-13(10-12)15-9-4-3-7-14(15)11-16;1-2-3(4)5/h3-10H,2H2,1H3;2H,1H2,(H,4,5). The number of carboxylic acid groups (broad SMARTS) is 1. The fourth-order valence-corrected chi connectivity index (χ4v) is 1.79. The highest BCUT2D eigenvalue weighted by molar-refractivity contribution is 5.78. The van der Waals surface area contributed by atoms with Crippen molar-refractivity contribution in [3.8, 4) is 17.2 Å². The maximum atomic E-state index is 9.25. The van der Waals surface area contributed by atoms with Gasteiger partial charge in [0, 0.05) is 6.08 Å². The topological polar surface area (TPSA) is 61.1 Å². The highest BCUT2D eigenvalue weighted by Gasteiger charge is 2.03. The average molecular weight is 279 g/mol. The van der Waals surface area contributed by atoms with Crippen molar-refractivity contribution in [2.45, 2.75) is 13.3 Å². The van der Waals surface area contributed by atoms with Gasteiger partial charge in [0.05, 0.1) is 11.6 Å². The lowest BCUT2D eigenvalue weighted by Gasteiger charge is -2.05. The molecule has 0 aliphatic heterocycles. The number of carboxylic acids is 1. The first-order valence-corrected chi connectivity index (χ1v) is 6.56. The molecule has 0 bridgehead atoms. The number of hydrogen-bond acceptors (Lipinski definition) is 2. The summed E-state index contributed by atoms with van der Waals surface area (Å²) in [6.07, 6.45) is 1.85. The van der Waals surface area contributed by atoms with Crippen molar-refractivity contribution >= 4 is 5.97 Å². The van der Waals surface area contributed by atoms with Crippen molar-refractivity contribution in [3.63, 3.8) is 0 Å². The van der Waals surface area contributed by atoms with Gasteiger partial charge in [0.25, 0.3) is 0 Å². The Morgan fingerprint density at radius 2 is 1.95 bits per heavy atom. The van der Waals surface area contributed by atoms with Crippen molar-refractivity contribution in [1.82, 2.24) is 0 Å². The highest BCUT2D eigenvalue weighted by atomic mass is 16.4. The van der Waals surface area contributed by atoms with Gasteiger partial charge in [-0.15, -0.1) is 0 Å². The van der Waals surface area contributed by atoms with E-state index in [0.29, 0.717) is 0 Å². The summed E-state index contributed by atoms with van der Waals surface area (Å²) in [6, 6.07) is 18.3. The van der Waals surface area contributed by atoms with E-state index in [0.717, 1.165) is 29.2 Å². The molecule has 0 aliphatic rings. The zero-order chi connectivity index (χ0) is 15.7. The van der Waals surface area contributed by atoms with Crippen molar-refractivity contribution in [1.29, 1.82) is 5.26 Å². The molecule has 3 nitrogen and oxygen atoms in total. The fraction of sp³-hybridized carbons (Fsp3) is 0.111. The van der Waals surface area contributed by atoms with Gasteiger partial charge in [-0.25, -0.2) is 4.79 Å². The number of carbonyl (C=O) groups is 1.